The molecule has 4 aromatic rings. The fourth-order valence-electron chi connectivity index (χ4n) is 3.25. The van der Waals surface area contributed by atoms with Crippen LogP contribution in [0.25, 0.3) is 22.4 Å². The third-order valence-electron chi connectivity index (χ3n) is 4.89. The highest BCUT2D eigenvalue weighted by Gasteiger charge is 2.16. The lowest BCUT2D eigenvalue weighted by molar-refractivity contribution is 0.415. The van der Waals surface area contributed by atoms with E-state index in [1.54, 1.807) is 25.3 Å². The predicted octanol–water partition coefficient (Wildman–Crippen LogP) is 6.73. The summed E-state index contributed by atoms with van der Waals surface area (Å²) in [5.41, 5.74) is 4.45. The number of pyridine rings is 1. The predicted molar refractivity (Wildman–Crippen MR) is 122 cm³/mol. The van der Waals surface area contributed by atoms with Crippen LogP contribution in [-0.2, 0) is 5.75 Å². The molecule has 31 heavy (non-hydrogen) atoms. The van der Waals surface area contributed by atoms with Crippen molar-refractivity contribution in [3.63, 3.8) is 0 Å². The highest BCUT2D eigenvalue weighted by atomic mass is 32.2. The quantitative estimate of drug-likeness (QED) is 0.321. The van der Waals surface area contributed by atoms with E-state index in [1.165, 1.54) is 17.8 Å². The fraction of sp³-hybridized carbons (Fsp3) is 0.0769. The van der Waals surface area contributed by atoms with E-state index in [1.807, 2.05) is 60.7 Å². The molecular formula is C26H19FN2OS. The summed E-state index contributed by atoms with van der Waals surface area (Å²) in [4.78, 5) is 4.77. The Kier molecular flexibility index (Phi) is 6.30. The van der Waals surface area contributed by atoms with Crippen molar-refractivity contribution >= 4 is 11.8 Å². The zero-order valence-corrected chi connectivity index (χ0v) is 17.7. The minimum atomic E-state index is -0.261. The SMILES string of the molecule is COc1ccc(-c2cc(-c3ccccc3)nc(SCc3ccccc3F)c2C#N)cc1. The number of halogens is 1. The monoisotopic (exact) mass is 426 g/mol. The Bertz CT molecular complexity index is 1230. The van der Waals surface area contributed by atoms with Gasteiger partial charge in [0, 0.05) is 16.9 Å². The number of thioether (sulfide) groups is 1. The van der Waals surface area contributed by atoms with E-state index < -0.39 is 0 Å². The Hall–Kier alpha value is -3.62. The molecule has 152 valence electrons. The number of ether oxygens (including phenoxy) is 1. The lowest BCUT2D eigenvalue weighted by Crippen LogP contribution is -1.97. The number of benzene rings is 3. The van der Waals surface area contributed by atoms with Crippen molar-refractivity contribution < 1.29 is 9.13 Å². The van der Waals surface area contributed by atoms with Crippen LogP contribution in [0.5, 0.6) is 5.75 Å². The summed E-state index contributed by atoms with van der Waals surface area (Å²) in [5.74, 6) is 0.867. The molecule has 1 aromatic heterocycles. The van der Waals surface area contributed by atoms with E-state index in [2.05, 4.69) is 6.07 Å². The van der Waals surface area contributed by atoms with Gasteiger partial charge in [-0.15, -0.1) is 11.8 Å². The van der Waals surface area contributed by atoms with Crippen molar-refractivity contribution in [2.24, 2.45) is 0 Å². The first-order valence-corrected chi connectivity index (χ1v) is 10.7. The van der Waals surface area contributed by atoms with E-state index in [-0.39, 0.29) is 5.82 Å². The minimum Gasteiger partial charge on any atom is -0.497 e. The average Bonchev–Trinajstić information content (AvgIpc) is 2.83. The standard InChI is InChI=1S/C26H19FN2OS/c1-30-21-13-11-18(12-14-21)22-15-25(19-7-3-2-4-8-19)29-26(23(22)16-28)31-17-20-9-5-6-10-24(20)27/h2-15H,17H2,1H3. The van der Waals surface area contributed by atoms with Gasteiger partial charge in [-0.3, -0.25) is 0 Å². The van der Waals surface area contributed by atoms with Gasteiger partial charge in [-0.1, -0.05) is 60.7 Å². The average molecular weight is 427 g/mol. The normalized spacial score (nSPS) is 10.5. The minimum absolute atomic E-state index is 0.261. The van der Waals surface area contributed by atoms with Crippen molar-refractivity contribution in [1.29, 1.82) is 5.26 Å². The maximum atomic E-state index is 14.1. The topological polar surface area (TPSA) is 45.9 Å². The molecule has 3 nitrogen and oxygen atoms in total. The largest absolute Gasteiger partial charge is 0.497 e. The lowest BCUT2D eigenvalue weighted by atomic mass is 9.99. The number of aromatic nitrogens is 1. The summed E-state index contributed by atoms with van der Waals surface area (Å²) in [7, 11) is 1.62. The summed E-state index contributed by atoms with van der Waals surface area (Å²) >= 11 is 1.37. The van der Waals surface area contributed by atoms with Gasteiger partial charge in [-0.05, 0) is 35.4 Å². The Balaban J connectivity index is 1.82. The van der Waals surface area contributed by atoms with E-state index in [4.69, 9.17) is 9.72 Å². The van der Waals surface area contributed by atoms with Gasteiger partial charge in [-0.25, -0.2) is 9.37 Å². The van der Waals surface area contributed by atoms with Crippen LogP contribution in [-0.4, -0.2) is 12.1 Å². The van der Waals surface area contributed by atoms with Crippen molar-refractivity contribution in [1.82, 2.24) is 4.98 Å². The number of nitriles is 1. The van der Waals surface area contributed by atoms with Crippen molar-refractivity contribution in [2.45, 2.75) is 10.8 Å². The smallest absolute Gasteiger partial charge is 0.127 e. The van der Waals surface area contributed by atoms with Crippen LogP contribution in [0.4, 0.5) is 4.39 Å². The molecule has 0 spiro atoms. The maximum absolute atomic E-state index is 14.1. The van der Waals surface area contributed by atoms with Crippen LogP contribution in [0.2, 0.25) is 0 Å². The third kappa shape index (κ3) is 4.60. The van der Waals surface area contributed by atoms with Gasteiger partial charge < -0.3 is 4.74 Å². The van der Waals surface area contributed by atoms with Gasteiger partial charge in [-0.2, -0.15) is 5.26 Å². The van der Waals surface area contributed by atoms with Crippen LogP contribution in [0.15, 0.2) is 90.0 Å². The zero-order valence-electron chi connectivity index (χ0n) is 16.9. The van der Waals surface area contributed by atoms with Gasteiger partial charge in [0.05, 0.1) is 18.4 Å². The molecule has 0 atom stereocenters. The van der Waals surface area contributed by atoms with Crippen LogP contribution in [0.1, 0.15) is 11.1 Å². The number of hydrogen-bond donors (Lipinski definition) is 0. The second-order valence-electron chi connectivity index (χ2n) is 6.82. The van der Waals surface area contributed by atoms with Crippen LogP contribution in [0.3, 0.4) is 0 Å². The first-order valence-electron chi connectivity index (χ1n) is 9.71. The van der Waals surface area contributed by atoms with Crippen molar-refractivity contribution in [2.75, 3.05) is 7.11 Å². The fourth-order valence-corrected chi connectivity index (χ4v) is 4.24. The molecule has 0 bridgehead atoms. The summed E-state index contributed by atoms with van der Waals surface area (Å²) in [6, 6.07) is 28.3. The maximum Gasteiger partial charge on any atom is 0.127 e. The van der Waals surface area contributed by atoms with Gasteiger partial charge >= 0.3 is 0 Å². The van der Waals surface area contributed by atoms with E-state index in [0.717, 1.165) is 28.1 Å². The number of rotatable bonds is 6. The molecule has 0 saturated heterocycles. The Morgan fingerprint density at radius 2 is 1.65 bits per heavy atom. The molecular weight excluding hydrogens is 407 g/mol. The molecule has 5 heteroatoms. The van der Waals surface area contributed by atoms with Gasteiger partial charge in [0.1, 0.15) is 22.7 Å². The first-order chi connectivity index (χ1) is 15.2. The third-order valence-corrected chi connectivity index (χ3v) is 5.92. The molecule has 0 unspecified atom stereocenters. The highest BCUT2D eigenvalue weighted by molar-refractivity contribution is 7.98. The molecule has 0 N–H and O–H groups in total. The molecule has 3 aromatic carbocycles. The molecule has 0 amide bonds. The number of hydrogen-bond acceptors (Lipinski definition) is 4. The second kappa shape index (κ2) is 9.46. The molecule has 0 fully saturated rings. The van der Waals surface area contributed by atoms with Gasteiger partial charge in [0.2, 0.25) is 0 Å². The Morgan fingerprint density at radius 3 is 2.32 bits per heavy atom. The summed E-state index contributed by atoms with van der Waals surface area (Å²) in [6.45, 7) is 0. The summed E-state index contributed by atoms with van der Waals surface area (Å²) < 4.78 is 19.4. The molecule has 0 saturated carbocycles. The summed E-state index contributed by atoms with van der Waals surface area (Å²) in [6.07, 6.45) is 0. The second-order valence-corrected chi connectivity index (χ2v) is 7.79. The highest BCUT2D eigenvalue weighted by Crippen LogP contribution is 2.36. The molecule has 1 heterocycles. The molecule has 0 aliphatic rings. The van der Waals surface area contributed by atoms with Gasteiger partial charge in [0.15, 0.2) is 0 Å². The van der Waals surface area contributed by atoms with Crippen LogP contribution < -0.4 is 4.74 Å². The molecule has 0 aliphatic carbocycles. The zero-order chi connectivity index (χ0) is 21.6. The Morgan fingerprint density at radius 1 is 0.935 bits per heavy atom. The van der Waals surface area contributed by atoms with Crippen molar-refractivity contribution in [3.8, 4) is 34.2 Å². The van der Waals surface area contributed by atoms with Crippen LogP contribution >= 0.6 is 11.8 Å². The van der Waals surface area contributed by atoms with Crippen molar-refractivity contribution in [3.05, 3.63) is 102 Å². The van der Waals surface area contributed by atoms with Gasteiger partial charge in [0.25, 0.3) is 0 Å². The molecule has 4 rings (SSSR count). The molecule has 0 radical (unpaired) electrons. The van der Waals surface area contributed by atoms with E-state index in [0.29, 0.717) is 21.9 Å². The van der Waals surface area contributed by atoms with E-state index >= 15 is 0 Å². The molecule has 0 aliphatic heterocycles. The number of methoxy groups -OCH3 is 1. The Labute approximate surface area is 185 Å². The first kappa shape index (κ1) is 20.6. The lowest BCUT2D eigenvalue weighted by Gasteiger charge is -2.13. The number of nitrogens with zero attached hydrogens (tertiary/aromatic N) is 2. The van der Waals surface area contributed by atoms with Crippen LogP contribution in [0, 0.1) is 17.1 Å². The summed E-state index contributed by atoms with van der Waals surface area (Å²) in [5, 5.41) is 10.6. The van der Waals surface area contributed by atoms with E-state index in [9.17, 15) is 9.65 Å².